The predicted molar refractivity (Wildman–Crippen MR) is 101 cm³/mol. The van der Waals surface area contributed by atoms with Gasteiger partial charge in [0.25, 0.3) is 5.91 Å². The predicted octanol–water partition coefficient (Wildman–Crippen LogP) is 3.53. The second kappa shape index (κ2) is 8.65. The van der Waals surface area contributed by atoms with Crippen LogP contribution in [-0.4, -0.2) is 30.7 Å². The SMILES string of the molecule is COCCNC(=O)/C(C#N)=C/c1cc(C)n(-c2ccc(Br)cc2)c1C. The molecule has 2 aromatic rings. The Morgan fingerprint density at radius 2 is 2.04 bits per heavy atom. The third-order valence-electron chi connectivity index (χ3n) is 3.81. The van der Waals surface area contributed by atoms with Crippen LogP contribution in [0.2, 0.25) is 0 Å². The van der Waals surface area contributed by atoms with Crippen LogP contribution in [0.3, 0.4) is 0 Å². The van der Waals surface area contributed by atoms with Crippen molar-refractivity contribution in [2.45, 2.75) is 13.8 Å². The Bertz CT molecular complexity index is 830. The molecule has 1 aromatic heterocycles. The Kier molecular flexibility index (Phi) is 6.57. The molecule has 0 radical (unpaired) electrons. The van der Waals surface area contributed by atoms with E-state index < -0.39 is 5.91 Å². The van der Waals surface area contributed by atoms with E-state index in [2.05, 4.69) is 25.8 Å². The summed E-state index contributed by atoms with van der Waals surface area (Å²) >= 11 is 3.44. The van der Waals surface area contributed by atoms with E-state index in [4.69, 9.17) is 4.74 Å². The fourth-order valence-corrected chi connectivity index (χ4v) is 2.85. The zero-order chi connectivity index (χ0) is 18.4. The number of aryl methyl sites for hydroxylation is 1. The van der Waals surface area contributed by atoms with E-state index in [0.29, 0.717) is 13.2 Å². The largest absolute Gasteiger partial charge is 0.383 e. The molecule has 0 saturated carbocycles. The summed E-state index contributed by atoms with van der Waals surface area (Å²) in [7, 11) is 1.56. The van der Waals surface area contributed by atoms with Gasteiger partial charge >= 0.3 is 0 Å². The molecule has 1 heterocycles. The van der Waals surface area contributed by atoms with Crippen LogP contribution >= 0.6 is 15.9 Å². The average Bonchev–Trinajstić information content (AvgIpc) is 2.87. The molecule has 1 aromatic carbocycles. The lowest BCUT2D eigenvalue weighted by Crippen LogP contribution is -2.27. The molecule has 0 aliphatic carbocycles. The molecule has 0 saturated heterocycles. The lowest BCUT2D eigenvalue weighted by atomic mass is 10.1. The number of hydrogen-bond acceptors (Lipinski definition) is 3. The van der Waals surface area contributed by atoms with Gasteiger partial charge in [-0.1, -0.05) is 15.9 Å². The Balaban J connectivity index is 2.33. The minimum atomic E-state index is -0.395. The van der Waals surface area contributed by atoms with Crippen LogP contribution in [0.25, 0.3) is 11.8 Å². The highest BCUT2D eigenvalue weighted by molar-refractivity contribution is 9.10. The topological polar surface area (TPSA) is 67.0 Å². The van der Waals surface area contributed by atoms with Crippen molar-refractivity contribution < 1.29 is 9.53 Å². The first-order chi connectivity index (χ1) is 12.0. The lowest BCUT2D eigenvalue weighted by molar-refractivity contribution is -0.117. The van der Waals surface area contributed by atoms with Crippen LogP contribution in [0.5, 0.6) is 0 Å². The van der Waals surface area contributed by atoms with Crippen molar-refractivity contribution in [3.05, 3.63) is 57.3 Å². The normalized spacial score (nSPS) is 11.2. The molecule has 0 aliphatic heterocycles. The van der Waals surface area contributed by atoms with Gasteiger partial charge in [0.05, 0.1) is 6.61 Å². The van der Waals surface area contributed by atoms with Crippen molar-refractivity contribution in [2.24, 2.45) is 0 Å². The number of halogens is 1. The Hall–Kier alpha value is -2.36. The van der Waals surface area contributed by atoms with Gasteiger partial charge < -0.3 is 14.6 Å². The maximum absolute atomic E-state index is 12.1. The minimum Gasteiger partial charge on any atom is -0.383 e. The Morgan fingerprint density at radius 1 is 1.36 bits per heavy atom. The van der Waals surface area contributed by atoms with Gasteiger partial charge in [-0.3, -0.25) is 4.79 Å². The lowest BCUT2D eigenvalue weighted by Gasteiger charge is -2.09. The molecule has 0 aliphatic rings. The van der Waals surface area contributed by atoms with Gasteiger partial charge in [0.15, 0.2) is 0 Å². The number of ether oxygens (including phenoxy) is 1. The average molecular weight is 402 g/mol. The third kappa shape index (κ3) is 4.59. The van der Waals surface area contributed by atoms with Crippen LogP contribution in [0.15, 0.2) is 40.4 Å². The van der Waals surface area contributed by atoms with Crippen molar-refractivity contribution in [3.63, 3.8) is 0 Å². The fraction of sp³-hybridized carbons (Fsp3) is 0.263. The van der Waals surface area contributed by atoms with Crippen LogP contribution in [-0.2, 0) is 9.53 Å². The number of nitriles is 1. The molecule has 0 unspecified atom stereocenters. The minimum absolute atomic E-state index is 0.0761. The summed E-state index contributed by atoms with van der Waals surface area (Å²) in [6.45, 7) is 4.74. The van der Waals surface area contributed by atoms with Gasteiger partial charge in [-0.2, -0.15) is 5.26 Å². The standard InChI is InChI=1S/C19H20BrN3O2/c1-13-10-15(11-16(12-21)19(24)22-8-9-25-3)14(2)23(13)18-6-4-17(20)5-7-18/h4-7,10-11H,8-9H2,1-3H3,(H,22,24)/b16-11+. The zero-order valence-corrected chi connectivity index (χ0v) is 16.1. The maximum atomic E-state index is 12.1. The molecule has 6 heteroatoms. The fourth-order valence-electron chi connectivity index (χ4n) is 2.59. The van der Waals surface area contributed by atoms with Crippen molar-refractivity contribution in [2.75, 3.05) is 20.3 Å². The first kappa shape index (κ1) is 19.0. The van der Waals surface area contributed by atoms with Gasteiger partial charge in [-0.05, 0) is 55.8 Å². The third-order valence-corrected chi connectivity index (χ3v) is 4.34. The number of carbonyl (C=O) groups excluding carboxylic acids is 1. The first-order valence-electron chi connectivity index (χ1n) is 7.81. The second-order valence-corrected chi connectivity index (χ2v) is 6.47. The monoisotopic (exact) mass is 401 g/mol. The van der Waals surface area contributed by atoms with Crippen LogP contribution in [0.1, 0.15) is 17.0 Å². The van der Waals surface area contributed by atoms with E-state index in [1.54, 1.807) is 13.2 Å². The van der Waals surface area contributed by atoms with Crippen molar-refractivity contribution in [3.8, 4) is 11.8 Å². The zero-order valence-electron chi connectivity index (χ0n) is 14.5. The van der Waals surface area contributed by atoms with Crippen molar-refractivity contribution in [1.82, 2.24) is 9.88 Å². The maximum Gasteiger partial charge on any atom is 0.262 e. The Labute approximate surface area is 156 Å². The van der Waals surface area contributed by atoms with E-state index in [9.17, 15) is 10.1 Å². The molecule has 0 spiro atoms. The molecule has 0 fully saturated rings. The number of nitrogens with one attached hydrogen (secondary N) is 1. The molecule has 1 N–H and O–H groups in total. The Morgan fingerprint density at radius 3 is 2.64 bits per heavy atom. The summed E-state index contributed by atoms with van der Waals surface area (Å²) in [6.07, 6.45) is 1.62. The summed E-state index contributed by atoms with van der Waals surface area (Å²) in [5.41, 5.74) is 3.95. The summed E-state index contributed by atoms with van der Waals surface area (Å²) in [5.74, 6) is -0.395. The molecule has 0 atom stereocenters. The smallest absolute Gasteiger partial charge is 0.262 e. The molecular formula is C19H20BrN3O2. The van der Waals surface area contributed by atoms with Crippen LogP contribution < -0.4 is 5.32 Å². The first-order valence-corrected chi connectivity index (χ1v) is 8.61. The summed E-state index contributed by atoms with van der Waals surface area (Å²) < 4.78 is 8.00. The van der Waals surface area contributed by atoms with E-state index in [-0.39, 0.29) is 5.57 Å². The molecular weight excluding hydrogens is 382 g/mol. The van der Waals surface area contributed by atoms with Gasteiger partial charge in [-0.25, -0.2) is 0 Å². The van der Waals surface area contributed by atoms with Gasteiger partial charge in [-0.15, -0.1) is 0 Å². The number of aromatic nitrogens is 1. The molecule has 130 valence electrons. The number of carbonyl (C=O) groups is 1. The summed E-state index contributed by atoms with van der Waals surface area (Å²) in [5, 5.41) is 12.0. The number of hydrogen-bond donors (Lipinski definition) is 1. The molecule has 1 amide bonds. The van der Waals surface area contributed by atoms with Gasteiger partial charge in [0.2, 0.25) is 0 Å². The van der Waals surface area contributed by atoms with E-state index in [1.807, 2.05) is 50.2 Å². The number of amides is 1. The molecule has 0 bridgehead atoms. The van der Waals surface area contributed by atoms with Gasteiger partial charge in [0, 0.05) is 35.2 Å². The van der Waals surface area contributed by atoms with Gasteiger partial charge in [0.1, 0.15) is 11.6 Å². The summed E-state index contributed by atoms with van der Waals surface area (Å²) in [6, 6.07) is 11.9. The van der Waals surface area contributed by atoms with E-state index >= 15 is 0 Å². The van der Waals surface area contributed by atoms with E-state index in [0.717, 1.165) is 27.1 Å². The van der Waals surface area contributed by atoms with Crippen molar-refractivity contribution >= 4 is 27.9 Å². The van der Waals surface area contributed by atoms with Crippen LogP contribution in [0, 0.1) is 25.2 Å². The highest BCUT2D eigenvalue weighted by Crippen LogP contribution is 2.24. The number of benzene rings is 1. The summed E-state index contributed by atoms with van der Waals surface area (Å²) in [4.78, 5) is 12.1. The highest BCUT2D eigenvalue weighted by Gasteiger charge is 2.13. The quantitative estimate of drug-likeness (QED) is 0.457. The van der Waals surface area contributed by atoms with Crippen molar-refractivity contribution in [1.29, 1.82) is 5.26 Å². The molecule has 2 rings (SSSR count). The molecule has 5 nitrogen and oxygen atoms in total. The number of rotatable bonds is 6. The molecule has 25 heavy (non-hydrogen) atoms. The van der Waals surface area contributed by atoms with Crippen LogP contribution in [0.4, 0.5) is 0 Å². The highest BCUT2D eigenvalue weighted by atomic mass is 79.9. The number of methoxy groups -OCH3 is 1. The number of nitrogens with zero attached hydrogens (tertiary/aromatic N) is 2. The second-order valence-electron chi connectivity index (χ2n) is 5.56. The van der Waals surface area contributed by atoms with E-state index in [1.165, 1.54) is 0 Å².